The summed E-state index contributed by atoms with van der Waals surface area (Å²) in [5, 5.41) is 8.84. The average molecular weight is 266 g/mol. The van der Waals surface area contributed by atoms with Crippen LogP contribution in [0.4, 0.5) is 0 Å². The Labute approximate surface area is 118 Å². The molecule has 20 heavy (non-hydrogen) atoms. The van der Waals surface area contributed by atoms with Crippen molar-refractivity contribution in [3.63, 3.8) is 0 Å². The molecule has 1 N–H and O–H groups in total. The standard InChI is InChI=1S/C16H18N4/c1-4-14-6-2-8-18-16(14)15(5-1)7-10-17-11-13-20-12-3-9-19-20/h1-6,8-9,12,17H,7,10-11,13H2. The SMILES string of the molecule is c1cnc2c(CCNCCn3cccn3)cccc2c1. The Balaban J connectivity index is 1.52. The minimum absolute atomic E-state index is 0.904. The van der Waals surface area contributed by atoms with Crippen LogP contribution in [-0.4, -0.2) is 27.9 Å². The van der Waals surface area contributed by atoms with Crippen LogP contribution in [0.25, 0.3) is 10.9 Å². The molecule has 2 heterocycles. The monoisotopic (exact) mass is 266 g/mol. The maximum atomic E-state index is 4.48. The van der Waals surface area contributed by atoms with E-state index in [4.69, 9.17) is 0 Å². The summed E-state index contributed by atoms with van der Waals surface area (Å²) in [5.74, 6) is 0. The van der Waals surface area contributed by atoms with E-state index in [-0.39, 0.29) is 0 Å². The fourth-order valence-corrected chi connectivity index (χ4v) is 2.34. The van der Waals surface area contributed by atoms with Crippen molar-refractivity contribution in [3.05, 3.63) is 60.6 Å². The predicted molar refractivity (Wildman–Crippen MR) is 80.5 cm³/mol. The summed E-state index contributed by atoms with van der Waals surface area (Å²) in [4.78, 5) is 4.48. The first-order valence-corrected chi connectivity index (χ1v) is 6.94. The molecule has 4 heteroatoms. The molecule has 0 fully saturated rings. The molecular weight excluding hydrogens is 248 g/mol. The third-order valence-electron chi connectivity index (χ3n) is 3.36. The van der Waals surface area contributed by atoms with E-state index in [1.807, 2.05) is 35.4 Å². The molecule has 0 aliphatic carbocycles. The van der Waals surface area contributed by atoms with Gasteiger partial charge >= 0.3 is 0 Å². The largest absolute Gasteiger partial charge is 0.315 e. The number of hydrogen-bond acceptors (Lipinski definition) is 3. The Hall–Kier alpha value is -2.20. The molecular formula is C16H18N4. The molecule has 0 unspecified atom stereocenters. The molecule has 102 valence electrons. The quantitative estimate of drug-likeness (QED) is 0.696. The Morgan fingerprint density at radius 3 is 2.85 bits per heavy atom. The summed E-state index contributed by atoms with van der Waals surface area (Å²) in [5.41, 5.74) is 2.42. The van der Waals surface area contributed by atoms with Gasteiger partial charge in [-0.3, -0.25) is 9.67 Å². The predicted octanol–water partition coefficient (Wildman–Crippen LogP) is 2.26. The summed E-state index contributed by atoms with van der Waals surface area (Å²) in [6, 6.07) is 12.4. The first-order chi connectivity index (χ1) is 9.93. The molecule has 0 radical (unpaired) electrons. The van der Waals surface area contributed by atoms with Gasteiger partial charge in [-0.25, -0.2) is 0 Å². The van der Waals surface area contributed by atoms with Crippen molar-refractivity contribution in [3.8, 4) is 0 Å². The highest BCUT2D eigenvalue weighted by Crippen LogP contribution is 2.15. The number of pyridine rings is 1. The molecule has 0 spiro atoms. The number of nitrogens with one attached hydrogen (secondary N) is 1. The van der Waals surface area contributed by atoms with Gasteiger partial charge in [-0.2, -0.15) is 5.10 Å². The lowest BCUT2D eigenvalue weighted by atomic mass is 10.1. The number of nitrogens with zero attached hydrogens (tertiary/aromatic N) is 3. The smallest absolute Gasteiger partial charge is 0.0734 e. The molecule has 4 nitrogen and oxygen atoms in total. The third-order valence-corrected chi connectivity index (χ3v) is 3.36. The number of hydrogen-bond donors (Lipinski definition) is 1. The number of para-hydroxylation sites is 1. The van der Waals surface area contributed by atoms with Gasteiger partial charge in [0.15, 0.2) is 0 Å². The number of rotatable bonds is 6. The van der Waals surface area contributed by atoms with Crippen LogP contribution in [-0.2, 0) is 13.0 Å². The summed E-state index contributed by atoms with van der Waals surface area (Å²) in [6.45, 7) is 2.79. The highest BCUT2D eigenvalue weighted by atomic mass is 15.3. The summed E-state index contributed by atoms with van der Waals surface area (Å²) < 4.78 is 1.94. The van der Waals surface area contributed by atoms with Gasteiger partial charge in [0.1, 0.15) is 0 Å². The normalized spacial score (nSPS) is 11.0. The topological polar surface area (TPSA) is 42.7 Å². The summed E-state index contributed by atoms with van der Waals surface area (Å²) >= 11 is 0. The third kappa shape index (κ3) is 3.03. The van der Waals surface area contributed by atoms with Gasteiger partial charge in [0, 0.05) is 30.5 Å². The van der Waals surface area contributed by atoms with Crippen molar-refractivity contribution in [2.45, 2.75) is 13.0 Å². The van der Waals surface area contributed by atoms with E-state index < -0.39 is 0 Å². The summed E-state index contributed by atoms with van der Waals surface area (Å²) in [6.07, 6.45) is 6.64. The van der Waals surface area contributed by atoms with Crippen molar-refractivity contribution in [2.75, 3.05) is 13.1 Å². The lowest BCUT2D eigenvalue weighted by molar-refractivity contribution is 0.556. The van der Waals surface area contributed by atoms with Crippen molar-refractivity contribution in [1.82, 2.24) is 20.1 Å². The Morgan fingerprint density at radius 2 is 1.95 bits per heavy atom. The Bertz CT molecular complexity index is 656. The second-order valence-corrected chi connectivity index (χ2v) is 4.76. The number of fused-ring (bicyclic) bond motifs is 1. The maximum Gasteiger partial charge on any atom is 0.0734 e. The van der Waals surface area contributed by atoms with Crippen molar-refractivity contribution in [2.24, 2.45) is 0 Å². The van der Waals surface area contributed by atoms with E-state index in [2.05, 4.69) is 39.7 Å². The second kappa shape index (κ2) is 6.30. The molecule has 0 amide bonds. The van der Waals surface area contributed by atoms with Crippen LogP contribution < -0.4 is 5.32 Å². The second-order valence-electron chi connectivity index (χ2n) is 4.76. The van der Waals surface area contributed by atoms with Gasteiger partial charge in [0.25, 0.3) is 0 Å². The number of aromatic nitrogens is 3. The molecule has 2 aromatic heterocycles. The molecule has 3 aromatic rings. The highest BCUT2D eigenvalue weighted by Gasteiger charge is 2.01. The van der Waals surface area contributed by atoms with Crippen LogP contribution in [0.1, 0.15) is 5.56 Å². The van der Waals surface area contributed by atoms with Gasteiger partial charge < -0.3 is 5.32 Å². The van der Waals surface area contributed by atoms with Gasteiger partial charge in [-0.1, -0.05) is 24.3 Å². The van der Waals surface area contributed by atoms with Crippen LogP contribution in [0.15, 0.2) is 55.0 Å². The van der Waals surface area contributed by atoms with Crippen LogP contribution >= 0.6 is 0 Å². The Kier molecular flexibility index (Phi) is 4.04. The minimum atomic E-state index is 0.904. The Morgan fingerprint density at radius 1 is 1.00 bits per heavy atom. The molecule has 0 bridgehead atoms. The lowest BCUT2D eigenvalue weighted by Crippen LogP contribution is -2.22. The molecule has 3 rings (SSSR count). The zero-order valence-electron chi connectivity index (χ0n) is 11.4. The molecule has 1 aromatic carbocycles. The van der Waals surface area contributed by atoms with Gasteiger partial charge in [-0.15, -0.1) is 0 Å². The van der Waals surface area contributed by atoms with Crippen LogP contribution in [0.3, 0.4) is 0 Å². The van der Waals surface area contributed by atoms with Crippen LogP contribution in [0.2, 0.25) is 0 Å². The van der Waals surface area contributed by atoms with E-state index >= 15 is 0 Å². The molecule has 0 aliphatic heterocycles. The molecule has 0 saturated heterocycles. The fraction of sp³-hybridized carbons (Fsp3) is 0.250. The van der Waals surface area contributed by atoms with Crippen molar-refractivity contribution in [1.29, 1.82) is 0 Å². The van der Waals surface area contributed by atoms with Crippen molar-refractivity contribution >= 4 is 10.9 Å². The van der Waals surface area contributed by atoms with E-state index in [0.717, 1.165) is 31.6 Å². The average Bonchev–Trinajstić information content (AvgIpc) is 3.00. The van der Waals surface area contributed by atoms with Gasteiger partial charge in [0.05, 0.1) is 12.1 Å². The molecule has 0 saturated carbocycles. The lowest BCUT2D eigenvalue weighted by Gasteiger charge is -2.07. The van der Waals surface area contributed by atoms with E-state index in [1.54, 1.807) is 0 Å². The zero-order chi connectivity index (χ0) is 13.6. The number of benzene rings is 1. The first-order valence-electron chi connectivity index (χ1n) is 6.94. The highest BCUT2D eigenvalue weighted by molar-refractivity contribution is 5.81. The zero-order valence-corrected chi connectivity index (χ0v) is 11.4. The van der Waals surface area contributed by atoms with E-state index in [1.165, 1.54) is 10.9 Å². The molecule has 0 atom stereocenters. The first kappa shape index (κ1) is 12.8. The van der Waals surface area contributed by atoms with Gasteiger partial charge in [-0.05, 0) is 30.7 Å². The maximum absolute atomic E-state index is 4.48. The minimum Gasteiger partial charge on any atom is -0.315 e. The van der Waals surface area contributed by atoms with Crippen LogP contribution in [0, 0.1) is 0 Å². The van der Waals surface area contributed by atoms with E-state index in [0.29, 0.717) is 0 Å². The van der Waals surface area contributed by atoms with Gasteiger partial charge in [0.2, 0.25) is 0 Å². The fourth-order valence-electron chi connectivity index (χ4n) is 2.34. The summed E-state index contributed by atoms with van der Waals surface area (Å²) in [7, 11) is 0. The van der Waals surface area contributed by atoms with E-state index in [9.17, 15) is 0 Å². The van der Waals surface area contributed by atoms with Crippen LogP contribution in [0.5, 0.6) is 0 Å². The molecule has 0 aliphatic rings. The van der Waals surface area contributed by atoms with Crippen molar-refractivity contribution < 1.29 is 0 Å².